The van der Waals surface area contributed by atoms with Crippen LogP contribution in [0.3, 0.4) is 0 Å². The second-order valence-electron chi connectivity index (χ2n) is 6.98. The van der Waals surface area contributed by atoms with Gasteiger partial charge in [0.25, 0.3) is 0 Å². The van der Waals surface area contributed by atoms with Gasteiger partial charge in [0.1, 0.15) is 11.4 Å². The van der Waals surface area contributed by atoms with E-state index in [2.05, 4.69) is 15.4 Å². The third-order valence-corrected chi connectivity index (χ3v) is 5.07. The molecule has 0 spiro atoms. The maximum atomic E-state index is 12.5. The van der Waals surface area contributed by atoms with E-state index in [9.17, 15) is 4.79 Å². The highest BCUT2D eigenvalue weighted by atomic mass is 16.5. The Bertz CT molecular complexity index is 1010. The maximum absolute atomic E-state index is 12.5. The van der Waals surface area contributed by atoms with Crippen molar-refractivity contribution in [2.75, 3.05) is 5.32 Å². The number of hydrogen-bond acceptors (Lipinski definition) is 4. The van der Waals surface area contributed by atoms with Gasteiger partial charge in [-0.25, -0.2) is 4.98 Å². The van der Waals surface area contributed by atoms with E-state index in [0.29, 0.717) is 24.4 Å². The van der Waals surface area contributed by atoms with Gasteiger partial charge in [0.2, 0.25) is 11.8 Å². The molecule has 2 heterocycles. The van der Waals surface area contributed by atoms with Crippen LogP contribution in [0.25, 0.3) is 0 Å². The number of pyridine rings is 1. The summed E-state index contributed by atoms with van der Waals surface area (Å²) < 4.78 is 7.83. The first-order valence-corrected chi connectivity index (χ1v) is 9.35. The van der Waals surface area contributed by atoms with Crippen molar-refractivity contribution in [3.8, 4) is 11.6 Å². The molecule has 1 N–H and O–H groups in total. The Hall–Kier alpha value is -3.15. The first-order valence-electron chi connectivity index (χ1n) is 9.35. The fraction of sp³-hybridized carbons (Fsp3) is 0.318. The van der Waals surface area contributed by atoms with Gasteiger partial charge < -0.3 is 10.1 Å². The number of aromatic nitrogens is 3. The lowest BCUT2D eigenvalue weighted by Gasteiger charge is -2.13. The van der Waals surface area contributed by atoms with Crippen molar-refractivity contribution >= 4 is 11.6 Å². The van der Waals surface area contributed by atoms with Gasteiger partial charge in [0.15, 0.2) is 0 Å². The molecule has 0 bridgehead atoms. The minimum atomic E-state index is -0.0820. The number of carbonyl (C=O) groups excluding carboxylic acids is 1. The largest absolute Gasteiger partial charge is 0.437 e. The lowest BCUT2D eigenvalue weighted by molar-refractivity contribution is -0.116. The number of carbonyl (C=O) groups is 1. The molecule has 0 aliphatic rings. The summed E-state index contributed by atoms with van der Waals surface area (Å²) in [5, 5.41) is 7.33. The summed E-state index contributed by atoms with van der Waals surface area (Å²) in [6, 6.07) is 9.45. The fourth-order valence-corrected chi connectivity index (χ4v) is 3.14. The van der Waals surface area contributed by atoms with Crippen LogP contribution in [0.4, 0.5) is 5.69 Å². The van der Waals surface area contributed by atoms with Crippen LogP contribution in [-0.4, -0.2) is 20.7 Å². The van der Waals surface area contributed by atoms with Gasteiger partial charge in [-0.15, -0.1) is 0 Å². The number of hydrogen-bond donors (Lipinski definition) is 1. The second kappa shape index (κ2) is 8.25. The molecule has 6 heteroatoms. The van der Waals surface area contributed by atoms with Crippen LogP contribution in [0.15, 0.2) is 36.5 Å². The van der Waals surface area contributed by atoms with Crippen molar-refractivity contribution in [1.29, 1.82) is 0 Å². The van der Waals surface area contributed by atoms with Crippen molar-refractivity contribution in [2.24, 2.45) is 7.05 Å². The maximum Gasteiger partial charge on any atom is 0.243 e. The van der Waals surface area contributed by atoms with E-state index in [-0.39, 0.29) is 5.91 Å². The summed E-state index contributed by atoms with van der Waals surface area (Å²) in [5.41, 5.74) is 5.93. The number of aryl methyl sites for hydroxylation is 3. The van der Waals surface area contributed by atoms with Crippen LogP contribution in [-0.2, 0) is 18.3 Å². The Balaban J connectivity index is 1.70. The van der Waals surface area contributed by atoms with E-state index in [1.165, 1.54) is 0 Å². The Morgan fingerprint density at radius 3 is 2.64 bits per heavy atom. The van der Waals surface area contributed by atoms with E-state index in [0.717, 1.165) is 33.8 Å². The molecule has 28 heavy (non-hydrogen) atoms. The highest BCUT2D eigenvalue weighted by Gasteiger charge is 2.14. The molecule has 0 radical (unpaired) electrons. The Morgan fingerprint density at radius 2 is 1.93 bits per heavy atom. The number of nitrogens with zero attached hydrogens (tertiary/aromatic N) is 3. The number of ether oxygens (including phenoxy) is 1. The van der Waals surface area contributed by atoms with Gasteiger partial charge in [-0.2, -0.15) is 5.10 Å². The number of amides is 1. The average Bonchev–Trinajstić information content (AvgIpc) is 2.90. The Kier molecular flexibility index (Phi) is 5.78. The molecule has 0 aliphatic heterocycles. The zero-order valence-corrected chi connectivity index (χ0v) is 17.0. The standard InChI is InChI=1S/C22H26N4O2/c1-14-8-6-10-20(15(14)2)28-22-19(9-7-13-23-22)24-21(27)12-11-18-16(3)25-26(5)17(18)4/h6-10,13H,11-12H2,1-5H3,(H,24,27). The lowest BCUT2D eigenvalue weighted by atomic mass is 10.1. The van der Waals surface area contributed by atoms with Crippen LogP contribution < -0.4 is 10.1 Å². The lowest BCUT2D eigenvalue weighted by Crippen LogP contribution is -2.13. The summed E-state index contributed by atoms with van der Waals surface area (Å²) in [6.07, 6.45) is 2.66. The summed E-state index contributed by atoms with van der Waals surface area (Å²) >= 11 is 0. The quantitative estimate of drug-likeness (QED) is 0.690. The summed E-state index contributed by atoms with van der Waals surface area (Å²) in [5.74, 6) is 1.04. The van der Waals surface area contributed by atoms with E-state index < -0.39 is 0 Å². The van der Waals surface area contributed by atoms with E-state index in [1.54, 1.807) is 18.3 Å². The van der Waals surface area contributed by atoms with Crippen LogP contribution >= 0.6 is 0 Å². The first-order chi connectivity index (χ1) is 13.4. The molecule has 0 atom stereocenters. The number of anilines is 1. The smallest absolute Gasteiger partial charge is 0.243 e. The third-order valence-electron chi connectivity index (χ3n) is 5.07. The predicted octanol–water partition coefficient (Wildman–Crippen LogP) is 4.41. The van der Waals surface area contributed by atoms with Crippen LogP contribution in [0.5, 0.6) is 11.6 Å². The average molecular weight is 378 g/mol. The van der Waals surface area contributed by atoms with Crippen LogP contribution in [0.2, 0.25) is 0 Å². The van der Waals surface area contributed by atoms with Gasteiger partial charge in [0, 0.05) is 25.4 Å². The molecule has 0 unspecified atom stereocenters. The van der Waals surface area contributed by atoms with E-state index >= 15 is 0 Å². The SMILES string of the molecule is Cc1cccc(Oc2ncccc2NC(=O)CCc2c(C)nn(C)c2C)c1C. The zero-order valence-electron chi connectivity index (χ0n) is 17.0. The molecular weight excluding hydrogens is 352 g/mol. The van der Waals surface area contributed by atoms with Gasteiger partial charge in [-0.1, -0.05) is 12.1 Å². The minimum Gasteiger partial charge on any atom is -0.437 e. The Labute approximate surface area is 165 Å². The molecule has 1 aromatic carbocycles. The molecular formula is C22H26N4O2. The van der Waals surface area contributed by atoms with Crippen molar-refractivity contribution < 1.29 is 9.53 Å². The molecule has 0 saturated heterocycles. The summed E-state index contributed by atoms with van der Waals surface area (Å²) in [4.78, 5) is 16.8. The van der Waals surface area contributed by atoms with Crippen LogP contribution in [0, 0.1) is 27.7 Å². The monoisotopic (exact) mass is 378 g/mol. The summed E-state index contributed by atoms with van der Waals surface area (Å²) in [6.45, 7) is 8.03. The first kappa shape index (κ1) is 19.6. The van der Waals surface area contributed by atoms with E-state index in [4.69, 9.17) is 4.74 Å². The molecule has 0 saturated carbocycles. The molecule has 0 aliphatic carbocycles. The van der Waals surface area contributed by atoms with Gasteiger partial charge in [-0.3, -0.25) is 9.48 Å². The van der Waals surface area contributed by atoms with Gasteiger partial charge in [0.05, 0.1) is 5.69 Å². The molecule has 6 nitrogen and oxygen atoms in total. The summed E-state index contributed by atoms with van der Waals surface area (Å²) in [7, 11) is 1.92. The molecule has 3 aromatic rings. The minimum absolute atomic E-state index is 0.0820. The topological polar surface area (TPSA) is 69.0 Å². The van der Waals surface area contributed by atoms with Crippen molar-refractivity contribution in [1.82, 2.24) is 14.8 Å². The second-order valence-corrected chi connectivity index (χ2v) is 6.98. The van der Waals surface area contributed by atoms with Crippen molar-refractivity contribution in [2.45, 2.75) is 40.5 Å². The van der Waals surface area contributed by atoms with Crippen LogP contribution in [0.1, 0.15) is 34.5 Å². The van der Waals surface area contributed by atoms with Gasteiger partial charge >= 0.3 is 0 Å². The van der Waals surface area contributed by atoms with Gasteiger partial charge in [-0.05, 0) is 69.0 Å². The van der Waals surface area contributed by atoms with Crippen molar-refractivity contribution in [3.63, 3.8) is 0 Å². The molecule has 1 amide bonds. The number of nitrogens with one attached hydrogen (secondary N) is 1. The zero-order chi connectivity index (χ0) is 20.3. The molecule has 146 valence electrons. The highest BCUT2D eigenvalue weighted by molar-refractivity contribution is 5.92. The van der Waals surface area contributed by atoms with Crippen molar-refractivity contribution in [3.05, 3.63) is 64.6 Å². The Morgan fingerprint density at radius 1 is 1.14 bits per heavy atom. The predicted molar refractivity (Wildman–Crippen MR) is 110 cm³/mol. The third kappa shape index (κ3) is 4.22. The molecule has 3 rings (SSSR count). The molecule has 0 fully saturated rings. The highest BCUT2D eigenvalue weighted by Crippen LogP contribution is 2.30. The van der Waals surface area contributed by atoms with E-state index in [1.807, 2.05) is 57.6 Å². The normalized spacial score (nSPS) is 10.8. The fourth-order valence-electron chi connectivity index (χ4n) is 3.14. The molecule has 2 aromatic heterocycles. The number of rotatable bonds is 6. The number of benzene rings is 1.